The van der Waals surface area contributed by atoms with E-state index >= 15 is 0 Å². The maximum absolute atomic E-state index is 12.5. The van der Waals surface area contributed by atoms with Crippen molar-refractivity contribution in [1.29, 1.82) is 0 Å². The van der Waals surface area contributed by atoms with E-state index in [1.807, 2.05) is 35.4 Å². The van der Waals surface area contributed by atoms with Gasteiger partial charge in [-0.1, -0.05) is 35.9 Å². The first-order chi connectivity index (χ1) is 12.0. The van der Waals surface area contributed by atoms with Gasteiger partial charge in [0.05, 0.1) is 11.6 Å². The van der Waals surface area contributed by atoms with Crippen molar-refractivity contribution in [3.05, 3.63) is 57.8 Å². The SMILES string of the molecule is Cc1cccc(CC2(O)CCN(C(=O)NC(C)c3cccs3)CC2)c1. The topological polar surface area (TPSA) is 52.6 Å². The van der Waals surface area contributed by atoms with Gasteiger partial charge in [-0.15, -0.1) is 11.3 Å². The molecule has 2 amide bonds. The Balaban J connectivity index is 1.53. The van der Waals surface area contributed by atoms with Crippen LogP contribution in [0.4, 0.5) is 4.79 Å². The number of carbonyl (C=O) groups is 1. The molecule has 1 aliphatic rings. The fourth-order valence-electron chi connectivity index (χ4n) is 3.39. The average Bonchev–Trinajstić information content (AvgIpc) is 3.09. The molecule has 5 heteroatoms. The van der Waals surface area contributed by atoms with E-state index in [0.717, 1.165) is 10.4 Å². The van der Waals surface area contributed by atoms with Crippen LogP contribution in [0.3, 0.4) is 0 Å². The van der Waals surface area contributed by atoms with E-state index in [1.54, 1.807) is 11.3 Å². The van der Waals surface area contributed by atoms with Gasteiger partial charge in [-0.3, -0.25) is 0 Å². The van der Waals surface area contributed by atoms with E-state index in [4.69, 9.17) is 0 Å². The van der Waals surface area contributed by atoms with Gasteiger partial charge in [-0.05, 0) is 43.7 Å². The van der Waals surface area contributed by atoms with E-state index < -0.39 is 5.60 Å². The van der Waals surface area contributed by atoms with Gasteiger partial charge in [0.1, 0.15) is 0 Å². The Kier molecular flexibility index (Phi) is 5.45. The minimum Gasteiger partial charge on any atom is -0.389 e. The zero-order chi connectivity index (χ0) is 17.9. The van der Waals surface area contributed by atoms with Crippen molar-refractivity contribution in [2.75, 3.05) is 13.1 Å². The Morgan fingerprint density at radius 2 is 2.08 bits per heavy atom. The molecule has 0 saturated carbocycles. The molecular formula is C20H26N2O2S. The quantitative estimate of drug-likeness (QED) is 0.871. The van der Waals surface area contributed by atoms with Gasteiger partial charge in [0, 0.05) is 24.4 Å². The number of carbonyl (C=O) groups excluding carboxylic acids is 1. The summed E-state index contributed by atoms with van der Waals surface area (Å²) in [7, 11) is 0. The maximum Gasteiger partial charge on any atom is 0.317 e. The molecule has 4 nitrogen and oxygen atoms in total. The second-order valence-corrected chi connectivity index (χ2v) is 8.04. The van der Waals surface area contributed by atoms with Crippen molar-refractivity contribution < 1.29 is 9.90 Å². The van der Waals surface area contributed by atoms with Crippen LogP contribution in [0.2, 0.25) is 0 Å². The number of amides is 2. The largest absolute Gasteiger partial charge is 0.389 e. The van der Waals surface area contributed by atoms with Gasteiger partial charge in [-0.2, -0.15) is 0 Å². The Hall–Kier alpha value is -1.85. The van der Waals surface area contributed by atoms with Crippen molar-refractivity contribution in [2.45, 2.75) is 44.8 Å². The predicted molar refractivity (Wildman–Crippen MR) is 102 cm³/mol. The number of hydrogen-bond donors (Lipinski definition) is 2. The van der Waals surface area contributed by atoms with E-state index in [9.17, 15) is 9.90 Å². The molecule has 0 spiro atoms. The number of aliphatic hydroxyl groups is 1. The maximum atomic E-state index is 12.5. The van der Waals surface area contributed by atoms with Crippen LogP contribution in [0.5, 0.6) is 0 Å². The van der Waals surface area contributed by atoms with Crippen molar-refractivity contribution in [3.8, 4) is 0 Å². The first kappa shape index (κ1) is 18.0. The minimum absolute atomic E-state index is 0.0144. The third-order valence-electron chi connectivity index (χ3n) is 4.91. The summed E-state index contributed by atoms with van der Waals surface area (Å²) in [4.78, 5) is 15.4. The summed E-state index contributed by atoms with van der Waals surface area (Å²) in [5.41, 5.74) is 1.65. The standard InChI is InChI=1S/C20H26N2O2S/c1-15-5-3-6-17(13-15)14-20(24)8-10-22(11-9-20)19(23)21-16(2)18-7-4-12-25-18/h3-7,12-13,16,24H,8-11,14H2,1-2H3,(H,21,23). The predicted octanol–water partition coefficient (Wildman–Crippen LogP) is 3.90. The average molecular weight is 359 g/mol. The lowest BCUT2D eigenvalue weighted by molar-refractivity contribution is -0.0117. The lowest BCUT2D eigenvalue weighted by atomic mass is 9.85. The normalized spacial score (nSPS) is 18.0. The zero-order valence-electron chi connectivity index (χ0n) is 14.9. The molecule has 1 aromatic carbocycles. The smallest absolute Gasteiger partial charge is 0.317 e. The molecule has 3 rings (SSSR count). The molecule has 2 N–H and O–H groups in total. The summed E-state index contributed by atoms with van der Waals surface area (Å²) in [5, 5.41) is 16.0. The fraction of sp³-hybridized carbons (Fsp3) is 0.450. The number of hydrogen-bond acceptors (Lipinski definition) is 3. The first-order valence-electron chi connectivity index (χ1n) is 8.82. The molecule has 1 unspecified atom stereocenters. The number of benzene rings is 1. The molecule has 25 heavy (non-hydrogen) atoms. The first-order valence-corrected chi connectivity index (χ1v) is 9.70. The van der Waals surface area contributed by atoms with Gasteiger partial charge in [0.2, 0.25) is 0 Å². The van der Waals surface area contributed by atoms with Gasteiger partial charge in [0.15, 0.2) is 0 Å². The second kappa shape index (κ2) is 7.58. The van der Waals surface area contributed by atoms with E-state index in [0.29, 0.717) is 32.4 Å². The minimum atomic E-state index is -0.718. The van der Waals surface area contributed by atoms with Crippen molar-refractivity contribution in [1.82, 2.24) is 10.2 Å². The molecule has 1 aromatic heterocycles. The van der Waals surface area contributed by atoms with Crippen molar-refractivity contribution in [3.63, 3.8) is 0 Å². The van der Waals surface area contributed by atoms with E-state index in [-0.39, 0.29) is 12.1 Å². The fourth-order valence-corrected chi connectivity index (χ4v) is 4.12. The lowest BCUT2D eigenvalue weighted by Gasteiger charge is -2.38. The van der Waals surface area contributed by atoms with Crippen LogP contribution in [0.15, 0.2) is 41.8 Å². The summed E-state index contributed by atoms with van der Waals surface area (Å²) < 4.78 is 0. The number of rotatable bonds is 4. The Morgan fingerprint density at radius 1 is 1.32 bits per heavy atom. The molecule has 0 aliphatic carbocycles. The highest BCUT2D eigenvalue weighted by Crippen LogP contribution is 2.27. The third-order valence-corrected chi connectivity index (χ3v) is 5.96. The number of thiophene rings is 1. The molecule has 1 atom stereocenters. The molecule has 2 heterocycles. The third kappa shape index (κ3) is 4.61. The van der Waals surface area contributed by atoms with Crippen LogP contribution in [0.1, 0.15) is 41.8 Å². The molecule has 1 saturated heterocycles. The van der Waals surface area contributed by atoms with Crippen molar-refractivity contribution >= 4 is 17.4 Å². The van der Waals surface area contributed by atoms with Crippen LogP contribution in [-0.4, -0.2) is 34.7 Å². The molecule has 134 valence electrons. The highest BCUT2D eigenvalue weighted by Gasteiger charge is 2.34. The monoisotopic (exact) mass is 358 g/mol. The summed E-state index contributed by atoms with van der Waals surface area (Å²) in [6, 6.07) is 12.3. The number of piperidine rings is 1. The van der Waals surface area contributed by atoms with Gasteiger partial charge >= 0.3 is 6.03 Å². The van der Waals surface area contributed by atoms with Gasteiger partial charge in [-0.25, -0.2) is 4.79 Å². The van der Waals surface area contributed by atoms with Crippen LogP contribution < -0.4 is 5.32 Å². The van der Waals surface area contributed by atoms with E-state index in [2.05, 4.69) is 30.4 Å². The molecule has 2 aromatic rings. The summed E-state index contributed by atoms with van der Waals surface area (Å²) in [5.74, 6) is 0. The molecule has 1 aliphatic heterocycles. The van der Waals surface area contributed by atoms with Crippen LogP contribution in [-0.2, 0) is 6.42 Å². The Morgan fingerprint density at radius 3 is 2.72 bits per heavy atom. The van der Waals surface area contributed by atoms with Gasteiger partial charge in [0.25, 0.3) is 0 Å². The Bertz CT molecular complexity index is 706. The van der Waals surface area contributed by atoms with Crippen LogP contribution in [0.25, 0.3) is 0 Å². The highest BCUT2D eigenvalue weighted by atomic mass is 32.1. The molecular weight excluding hydrogens is 332 g/mol. The van der Waals surface area contributed by atoms with Crippen LogP contribution >= 0.6 is 11.3 Å². The number of nitrogens with zero attached hydrogens (tertiary/aromatic N) is 1. The summed E-state index contributed by atoms with van der Waals surface area (Å²) >= 11 is 1.65. The number of urea groups is 1. The number of nitrogens with one attached hydrogen (secondary N) is 1. The zero-order valence-corrected chi connectivity index (χ0v) is 15.7. The van der Waals surface area contributed by atoms with Crippen LogP contribution in [0, 0.1) is 6.92 Å². The lowest BCUT2D eigenvalue weighted by Crippen LogP contribution is -2.50. The molecule has 1 fully saturated rings. The van der Waals surface area contributed by atoms with Crippen molar-refractivity contribution in [2.24, 2.45) is 0 Å². The van der Waals surface area contributed by atoms with E-state index in [1.165, 1.54) is 5.56 Å². The number of aryl methyl sites for hydroxylation is 1. The molecule has 0 bridgehead atoms. The summed E-state index contributed by atoms with van der Waals surface area (Å²) in [6.45, 7) is 5.24. The Labute approximate surface area is 153 Å². The number of likely N-dealkylation sites (tertiary alicyclic amines) is 1. The second-order valence-electron chi connectivity index (χ2n) is 7.06. The summed E-state index contributed by atoms with van der Waals surface area (Å²) in [6.07, 6.45) is 1.87. The highest BCUT2D eigenvalue weighted by molar-refractivity contribution is 7.10. The molecule has 0 radical (unpaired) electrons. The van der Waals surface area contributed by atoms with Gasteiger partial charge < -0.3 is 15.3 Å².